The maximum atomic E-state index is 13.9. The van der Waals surface area contributed by atoms with Gasteiger partial charge in [0.1, 0.15) is 0 Å². The minimum absolute atomic E-state index is 0.289. The Balaban J connectivity index is 1.30. The second kappa shape index (κ2) is 8.01. The van der Waals surface area contributed by atoms with Gasteiger partial charge in [-0.1, -0.05) is 49.6 Å². The lowest BCUT2D eigenvalue weighted by Crippen LogP contribution is -2.46. The number of hydrogen-bond acceptors (Lipinski definition) is 2. The van der Waals surface area contributed by atoms with Crippen LogP contribution in [0.25, 0.3) is 0 Å². The average molecular weight is 409 g/mol. The van der Waals surface area contributed by atoms with Crippen molar-refractivity contribution in [2.75, 3.05) is 26.2 Å². The standard InChI is InChI=1S/C26H36N2O2/c29-23(27-17-6-7-18-27)12-11-22-19-28(20-25(22)13-8-14-25)24(30)26(15-4-5-16-26)21-9-2-1-3-10-21/h1-3,9-10,22H,4-8,11-20H2. The van der Waals surface area contributed by atoms with Crippen LogP contribution < -0.4 is 0 Å². The van der Waals surface area contributed by atoms with Gasteiger partial charge in [0, 0.05) is 32.6 Å². The maximum absolute atomic E-state index is 13.9. The van der Waals surface area contributed by atoms with Crippen molar-refractivity contribution in [3.8, 4) is 0 Å². The molecule has 2 heterocycles. The highest BCUT2D eigenvalue weighted by atomic mass is 16.2. The molecule has 0 bridgehead atoms. The molecule has 1 atom stereocenters. The van der Waals surface area contributed by atoms with Crippen LogP contribution in [0.1, 0.15) is 76.2 Å². The van der Waals surface area contributed by atoms with Crippen LogP contribution in [-0.2, 0) is 15.0 Å². The number of likely N-dealkylation sites (tertiary alicyclic amines) is 2. The van der Waals surface area contributed by atoms with Crippen molar-refractivity contribution in [3.05, 3.63) is 35.9 Å². The van der Waals surface area contributed by atoms with E-state index in [9.17, 15) is 9.59 Å². The quantitative estimate of drug-likeness (QED) is 0.718. The molecule has 1 aromatic carbocycles. The van der Waals surface area contributed by atoms with Gasteiger partial charge in [0.15, 0.2) is 0 Å². The van der Waals surface area contributed by atoms with Crippen molar-refractivity contribution in [2.45, 2.75) is 76.0 Å². The first-order valence-electron chi connectivity index (χ1n) is 12.3. The molecule has 5 rings (SSSR count). The van der Waals surface area contributed by atoms with E-state index < -0.39 is 0 Å². The van der Waals surface area contributed by atoms with Gasteiger partial charge in [-0.05, 0) is 61.8 Å². The van der Waals surface area contributed by atoms with E-state index in [1.807, 2.05) is 11.0 Å². The van der Waals surface area contributed by atoms with Gasteiger partial charge in [-0.2, -0.15) is 0 Å². The Kier molecular flexibility index (Phi) is 5.37. The summed E-state index contributed by atoms with van der Waals surface area (Å²) in [5, 5.41) is 0. The third kappa shape index (κ3) is 3.36. The van der Waals surface area contributed by atoms with Crippen molar-refractivity contribution in [1.82, 2.24) is 9.80 Å². The summed E-state index contributed by atoms with van der Waals surface area (Å²) in [6.45, 7) is 3.67. The topological polar surface area (TPSA) is 40.6 Å². The minimum Gasteiger partial charge on any atom is -0.343 e. The van der Waals surface area contributed by atoms with Crippen LogP contribution in [0.5, 0.6) is 0 Å². The zero-order valence-electron chi connectivity index (χ0n) is 18.3. The number of hydrogen-bond donors (Lipinski definition) is 0. The van der Waals surface area contributed by atoms with Gasteiger partial charge in [-0.25, -0.2) is 0 Å². The molecule has 1 unspecified atom stereocenters. The lowest BCUT2D eigenvalue weighted by molar-refractivity contribution is -0.137. The highest BCUT2D eigenvalue weighted by Crippen LogP contribution is 2.54. The Morgan fingerprint density at radius 3 is 2.20 bits per heavy atom. The van der Waals surface area contributed by atoms with Crippen molar-refractivity contribution >= 4 is 11.8 Å². The number of nitrogens with zero attached hydrogens (tertiary/aromatic N) is 2. The molecule has 4 nitrogen and oxygen atoms in total. The minimum atomic E-state index is -0.313. The molecule has 0 N–H and O–H groups in total. The van der Waals surface area contributed by atoms with Crippen LogP contribution in [0, 0.1) is 11.3 Å². The molecule has 4 heteroatoms. The first-order valence-corrected chi connectivity index (χ1v) is 12.3. The Morgan fingerprint density at radius 2 is 1.57 bits per heavy atom. The number of benzene rings is 1. The highest BCUT2D eigenvalue weighted by molar-refractivity contribution is 5.89. The van der Waals surface area contributed by atoms with Gasteiger partial charge in [0.2, 0.25) is 11.8 Å². The van der Waals surface area contributed by atoms with Crippen LogP contribution in [-0.4, -0.2) is 47.8 Å². The SMILES string of the molecule is O=C(CCC1CN(C(=O)C2(c3ccccc3)CCCC2)CC12CCC2)N1CCCC1. The summed E-state index contributed by atoms with van der Waals surface area (Å²) in [6, 6.07) is 10.5. The van der Waals surface area contributed by atoms with E-state index in [1.165, 1.54) is 24.8 Å². The summed E-state index contributed by atoms with van der Waals surface area (Å²) in [5.41, 5.74) is 1.19. The first-order chi connectivity index (χ1) is 14.6. The van der Waals surface area contributed by atoms with Crippen LogP contribution in [0.3, 0.4) is 0 Å². The molecule has 162 valence electrons. The molecule has 2 saturated heterocycles. The third-order valence-electron chi connectivity index (χ3n) is 8.81. The normalized spacial score (nSPS) is 26.9. The van der Waals surface area contributed by atoms with Gasteiger partial charge in [0.05, 0.1) is 5.41 Å². The van der Waals surface area contributed by atoms with Crippen LogP contribution in [0.2, 0.25) is 0 Å². The Morgan fingerprint density at radius 1 is 0.867 bits per heavy atom. The van der Waals surface area contributed by atoms with Crippen molar-refractivity contribution in [3.63, 3.8) is 0 Å². The van der Waals surface area contributed by atoms with Gasteiger partial charge in [-0.15, -0.1) is 0 Å². The molecule has 1 aromatic rings. The number of amides is 2. The molecule has 2 aliphatic heterocycles. The fourth-order valence-corrected chi connectivity index (χ4v) is 6.87. The predicted molar refractivity (Wildman–Crippen MR) is 118 cm³/mol. The number of carbonyl (C=O) groups excluding carboxylic acids is 2. The molecule has 4 aliphatic rings. The summed E-state index contributed by atoms with van der Waals surface area (Å²) in [6.07, 6.45) is 11.9. The smallest absolute Gasteiger partial charge is 0.233 e. The third-order valence-corrected chi connectivity index (χ3v) is 8.81. The van der Waals surface area contributed by atoms with Crippen LogP contribution in [0.4, 0.5) is 0 Å². The first kappa shape index (κ1) is 20.1. The zero-order chi connectivity index (χ0) is 20.6. The maximum Gasteiger partial charge on any atom is 0.233 e. The highest BCUT2D eigenvalue weighted by Gasteiger charge is 2.54. The Labute approximate surface area is 181 Å². The summed E-state index contributed by atoms with van der Waals surface area (Å²) < 4.78 is 0. The van der Waals surface area contributed by atoms with Crippen LogP contribution >= 0.6 is 0 Å². The predicted octanol–water partition coefficient (Wildman–Crippen LogP) is 4.53. The second-order valence-corrected chi connectivity index (χ2v) is 10.4. The summed E-state index contributed by atoms with van der Waals surface area (Å²) >= 11 is 0. The second-order valence-electron chi connectivity index (χ2n) is 10.4. The van der Waals surface area contributed by atoms with Gasteiger partial charge in [0.25, 0.3) is 0 Å². The van der Waals surface area contributed by atoms with Crippen molar-refractivity contribution in [1.29, 1.82) is 0 Å². The van der Waals surface area contributed by atoms with E-state index in [4.69, 9.17) is 0 Å². The Bertz CT molecular complexity index is 773. The summed E-state index contributed by atoms with van der Waals surface area (Å²) in [7, 11) is 0. The van der Waals surface area contributed by atoms with Crippen molar-refractivity contribution < 1.29 is 9.59 Å². The lowest BCUT2D eigenvalue weighted by Gasteiger charge is -2.43. The molecular weight excluding hydrogens is 372 g/mol. The largest absolute Gasteiger partial charge is 0.343 e. The summed E-state index contributed by atoms with van der Waals surface area (Å²) in [4.78, 5) is 30.8. The average Bonchev–Trinajstić information content (AvgIpc) is 3.51. The van der Waals surface area contributed by atoms with Gasteiger partial charge >= 0.3 is 0 Å². The summed E-state index contributed by atoms with van der Waals surface area (Å²) in [5.74, 6) is 1.20. The molecule has 2 aliphatic carbocycles. The molecule has 2 saturated carbocycles. The van der Waals surface area contributed by atoms with Gasteiger partial charge in [-0.3, -0.25) is 9.59 Å². The van der Waals surface area contributed by atoms with E-state index in [0.717, 1.165) is 71.1 Å². The molecule has 1 spiro atoms. The molecule has 4 fully saturated rings. The number of carbonyl (C=O) groups is 2. The zero-order valence-corrected chi connectivity index (χ0v) is 18.3. The van der Waals surface area contributed by atoms with E-state index >= 15 is 0 Å². The number of rotatable bonds is 5. The van der Waals surface area contributed by atoms with Crippen LogP contribution in [0.15, 0.2) is 30.3 Å². The molecule has 2 amide bonds. The lowest BCUT2D eigenvalue weighted by atomic mass is 9.62. The molecular formula is C26H36N2O2. The van der Waals surface area contributed by atoms with E-state index in [-0.39, 0.29) is 10.8 Å². The monoisotopic (exact) mass is 408 g/mol. The molecule has 0 aromatic heterocycles. The molecule has 0 radical (unpaired) electrons. The van der Waals surface area contributed by atoms with Gasteiger partial charge < -0.3 is 9.80 Å². The van der Waals surface area contributed by atoms with E-state index in [0.29, 0.717) is 24.2 Å². The fourth-order valence-electron chi connectivity index (χ4n) is 6.87. The van der Waals surface area contributed by atoms with E-state index in [2.05, 4.69) is 29.2 Å². The van der Waals surface area contributed by atoms with Crippen molar-refractivity contribution in [2.24, 2.45) is 11.3 Å². The molecule has 30 heavy (non-hydrogen) atoms. The fraction of sp³-hybridized carbons (Fsp3) is 0.692. The Hall–Kier alpha value is -1.84. The van der Waals surface area contributed by atoms with E-state index in [1.54, 1.807) is 0 Å².